The van der Waals surface area contributed by atoms with Gasteiger partial charge in [-0.1, -0.05) is 20.8 Å². The van der Waals surface area contributed by atoms with Crippen molar-refractivity contribution in [1.82, 2.24) is 0 Å². The Hall–Kier alpha value is 1.39. The van der Waals surface area contributed by atoms with Gasteiger partial charge >= 0.3 is 35.6 Å². The zero-order chi connectivity index (χ0) is 7.91. The molecule has 0 saturated heterocycles. The number of rotatable bonds is 0. The van der Waals surface area contributed by atoms with Crippen LogP contribution in [0.5, 0.6) is 0 Å². The van der Waals surface area contributed by atoms with E-state index in [9.17, 15) is 0 Å². The Balaban J connectivity index is 0. The van der Waals surface area contributed by atoms with Gasteiger partial charge in [-0.25, -0.2) is 0 Å². The van der Waals surface area contributed by atoms with E-state index in [1.807, 2.05) is 20.8 Å². The summed E-state index contributed by atoms with van der Waals surface area (Å²) in [6, 6.07) is 0. The Morgan fingerprint density at radius 3 is 1.44 bits per heavy atom. The van der Waals surface area contributed by atoms with E-state index in [-0.39, 0.29) is 5.16 Å². The Labute approximate surface area is 74.9 Å². The van der Waals surface area contributed by atoms with E-state index in [0.29, 0.717) is 0 Å². The molecule has 0 heterocycles. The quantitative estimate of drug-likeness (QED) is 0.475. The van der Waals surface area contributed by atoms with Crippen LogP contribution in [0, 0.1) is 5.16 Å². The summed E-state index contributed by atoms with van der Waals surface area (Å²) in [4.78, 5) is 0. The molecule has 0 amide bonds. The van der Waals surface area contributed by atoms with Crippen LogP contribution in [-0.4, -0.2) is 5.16 Å². The molecule has 1 N–H and O–H groups in total. The van der Waals surface area contributed by atoms with Gasteiger partial charge < -0.3 is 0 Å². The summed E-state index contributed by atoms with van der Waals surface area (Å²) in [5.41, 5.74) is 0. The van der Waals surface area contributed by atoms with Gasteiger partial charge in [0.2, 0.25) is 0 Å². The van der Waals surface area contributed by atoms with Crippen LogP contribution >= 0.6 is 27.0 Å². The van der Waals surface area contributed by atoms with Crippen molar-refractivity contribution in [2.75, 3.05) is 0 Å². The van der Waals surface area contributed by atoms with Crippen LogP contribution in [0.3, 0.4) is 0 Å². The van der Waals surface area contributed by atoms with Crippen molar-refractivity contribution in [2.24, 2.45) is 0 Å². The van der Waals surface area contributed by atoms with Gasteiger partial charge in [0.25, 0.3) is 0 Å². The van der Waals surface area contributed by atoms with Crippen LogP contribution in [-0.2, 0) is 17.0 Å². The molecular weight excluding hydrogens is 212 g/mol. The normalized spacial score (nSPS) is 9.89. The second kappa shape index (κ2) is 7.50. The van der Waals surface area contributed by atoms with Gasteiger partial charge in [0.05, 0.1) is 0 Å². The van der Waals surface area contributed by atoms with Crippen molar-refractivity contribution in [1.29, 1.82) is 5.16 Å². The van der Waals surface area contributed by atoms with Crippen molar-refractivity contribution >= 4 is 27.0 Å². The Kier molecular flexibility index (Phi) is 10.8. The van der Waals surface area contributed by atoms with E-state index in [0.717, 1.165) is 8.37 Å². The SMILES string of the molecule is CC(C)(C)P=N.[Cl][Ti][Cl]. The van der Waals surface area contributed by atoms with Gasteiger partial charge in [0, 0.05) is 13.5 Å². The summed E-state index contributed by atoms with van der Waals surface area (Å²) < 4.78 is 0. The second-order valence-electron chi connectivity index (χ2n) is 2.35. The van der Waals surface area contributed by atoms with Crippen molar-refractivity contribution in [3.05, 3.63) is 0 Å². The van der Waals surface area contributed by atoms with Gasteiger partial charge in [-0.3, -0.25) is 5.16 Å². The molecule has 1 nitrogen and oxygen atoms in total. The molecule has 54 valence electrons. The van der Waals surface area contributed by atoms with Crippen LogP contribution in [0.4, 0.5) is 0 Å². The number of halogens is 2. The van der Waals surface area contributed by atoms with Gasteiger partial charge in [-0.05, 0) is 0 Å². The molecule has 0 aliphatic heterocycles. The summed E-state index contributed by atoms with van der Waals surface area (Å²) in [7, 11) is 10.5. The third kappa shape index (κ3) is 26.6. The molecule has 0 radical (unpaired) electrons. The second-order valence-corrected chi connectivity index (χ2v) is 6.50. The fraction of sp³-hybridized carbons (Fsp3) is 1.00. The Morgan fingerprint density at radius 1 is 1.33 bits per heavy atom. The van der Waals surface area contributed by atoms with Crippen LogP contribution in [0.15, 0.2) is 0 Å². The summed E-state index contributed by atoms with van der Waals surface area (Å²) in [5, 5.41) is 7.01. The Morgan fingerprint density at radius 2 is 1.44 bits per heavy atom. The van der Waals surface area contributed by atoms with E-state index in [1.165, 1.54) is 0 Å². The van der Waals surface area contributed by atoms with Crippen LogP contribution in [0.1, 0.15) is 20.8 Å². The van der Waals surface area contributed by atoms with Gasteiger partial charge in [0.1, 0.15) is 0 Å². The molecule has 0 aromatic heterocycles. The van der Waals surface area contributed by atoms with E-state index in [1.54, 1.807) is 0 Å². The van der Waals surface area contributed by atoms with E-state index in [4.69, 9.17) is 23.8 Å². The summed E-state index contributed by atoms with van der Waals surface area (Å²) >= 11 is -0.556. The molecule has 0 unspecified atom stereocenters. The van der Waals surface area contributed by atoms with E-state index >= 15 is 0 Å². The first kappa shape index (κ1) is 13.0. The predicted molar refractivity (Wildman–Crippen MR) is 41.1 cm³/mol. The van der Waals surface area contributed by atoms with Crippen LogP contribution in [0.25, 0.3) is 0 Å². The molecule has 0 spiro atoms. The molecule has 9 heavy (non-hydrogen) atoms. The monoisotopic (exact) mass is 221 g/mol. The summed E-state index contributed by atoms with van der Waals surface area (Å²) in [6.45, 7) is 6.13. The molecule has 0 bridgehead atoms. The van der Waals surface area contributed by atoms with E-state index < -0.39 is 17.0 Å². The maximum absolute atomic E-state index is 6.83. The first-order valence-corrected chi connectivity index (χ1v) is 7.52. The molecule has 0 atom stereocenters. The number of nitrogens with one attached hydrogen (secondary N) is 1. The standard InChI is InChI=1S/C4H10NP.2ClH.Ti/c1-4(2,3)6-5;;;/h5H,1-3H3;2*1H;/q;;;+2/p-2. The molecule has 0 aliphatic rings. The third-order valence-electron chi connectivity index (χ3n) is 0.335. The van der Waals surface area contributed by atoms with Crippen LogP contribution < -0.4 is 0 Å². The van der Waals surface area contributed by atoms with Crippen LogP contribution in [0.2, 0.25) is 0 Å². The minimum absolute atomic E-state index is 0.181. The zero-order valence-corrected chi connectivity index (χ0v) is 9.67. The van der Waals surface area contributed by atoms with Crippen molar-refractivity contribution in [2.45, 2.75) is 25.9 Å². The summed E-state index contributed by atoms with van der Waals surface area (Å²) in [6.07, 6.45) is 0. The minimum atomic E-state index is -0.556. The van der Waals surface area contributed by atoms with Crippen molar-refractivity contribution in [3.63, 3.8) is 0 Å². The fourth-order valence-electron chi connectivity index (χ4n) is 0. The van der Waals surface area contributed by atoms with E-state index in [2.05, 4.69) is 0 Å². The third-order valence-corrected chi connectivity index (χ3v) is 1.01. The van der Waals surface area contributed by atoms with Gasteiger partial charge in [-0.15, -0.1) is 0 Å². The molecule has 0 aromatic carbocycles. The average Bonchev–Trinajstić information content (AvgIpc) is 1.67. The fourth-order valence-corrected chi connectivity index (χ4v) is 0. The first-order chi connectivity index (χ1) is 3.97. The molecule has 0 fully saturated rings. The van der Waals surface area contributed by atoms with Crippen molar-refractivity contribution in [3.8, 4) is 0 Å². The number of hydrogen-bond acceptors (Lipinski definition) is 1. The summed E-state index contributed by atoms with van der Waals surface area (Å²) in [5.74, 6) is 0. The first-order valence-electron chi connectivity index (χ1n) is 2.33. The molecule has 0 aromatic rings. The maximum atomic E-state index is 6.83. The molecular formula is C4H10Cl2NPTi. The molecule has 5 heteroatoms. The molecule has 0 saturated carbocycles. The topological polar surface area (TPSA) is 23.9 Å². The van der Waals surface area contributed by atoms with Gasteiger partial charge in [0.15, 0.2) is 0 Å². The Bertz CT molecular complexity index is 73.5. The zero-order valence-electron chi connectivity index (χ0n) is 5.70. The predicted octanol–water partition coefficient (Wildman–Crippen LogP) is 3.87. The van der Waals surface area contributed by atoms with Gasteiger partial charge in [-0.2, -0.15) is 0 Å². The molecule has 0 rings (SSSR count). The molecule has 0 aliphatic carbocycles. The average molecular weight is 222 g/mol. The number of hydrogen-bond donors (Lipinski definition) is 1. The van der Waals surface area contributed by atoms with Crippen molar-refractivity contribution < 1.29 is 17.0 Å².